The fourth-order valence-corrected chi connectivity index (χ4v) is 3.07. The number of rotatable bonds is 6. The normalized spacial score (nSPS) is 10.6. The van der Waals surface area contributed by atoms with Gasteiger partial charge in [-0.3, -0.25) is 4.79 Å². The van der Waals surface area contributed by atoms with E-state index in [4.69, 9.17) is 20.9 Å². The minimum Gasteiger partial charge on any atom is -0.484 e. The van der Waals surface area contributed by atoms with Gasteiger partial charge in [0.25, 0.3) is 11.8 Å². The Morgan fingerprint density at radius 2 is 1.87 bits per heavy atom. The Hall–Kier alpha value is -3.64. The van der Waals surface area contributed by atoms with Crippen LogP contribution in [0.15, 0.2) is 77.3 Å². The molecule has 0 aliphatic rings. The molecule has 0 saturated heterocycles. The zero-order chi connectivity index (χ0) is 20.9. The highest BCUT2D eigenvalue weighted by molar-refractivity contribution is 6.33. The lowest BCUT2D eigenvalue weighted by Gasteiger charge is -2.09. The third-order valence-corrected chi connectivity index (χ3v) is 4.74. The number of ether oxygens (including phenoxy) is 1. The molecule has 1 aromatic heterocycles. The lowest BCUT2D eigenvalue weighted by molar-refractivity contribution is -0.118. The third kappa shape index (κ3) is 4.50. The molecule has 0 saturated carbocycles. The van der Waals surface area contributed by atoms with Gasteiger partial charge in [0.15, 0.2) is 6.61 Å². The second-order valence-electron chi connectivity index (χ2n) is 6.58. The summed E-state index contributed by atoms with van der Waals surface area (Å²) in [6, 6.07) is 22.0. The summed E-state index contributed by atoms with van der Waals surface area (Å²) in [5, 5.41) is 7.26. The quantitative estimate of drug-likeness (QED) is 0.453. The van der Waals surface area contributed by atoms with E-state index in [1.165, 1.54) is 0 Å². The second-order valence-corrected chi connectivity index (χ2v) is 6.99. The number of para-hydroxylation sites is 1. The highest BCUT2D eigenvalue weighted by atomic mass is 35.5. The standard InChI is InChI=1S/C23H18ClN3O3/c1-15-7-2-3-10-18(15)23-26-22(27-30-23)16-8-6-9-17(13-16)29-14-21(28)25-20-12-5-4-11-19(20)24/h2-13H,14H2,1H3,(H,25,28). The molecule has 4 rings (SSSR count). The highest BCUT2D eigenvalue weighted by Gasteiger charge is 2.13. The fraction of sp³-hybridized carbons (Fsp3) is 0.0870. The van der Waals surface area contributed by atoms with Crippen molar-refractivity contribution in [2.24, 2.45) is 0 Å². The summed E-state index contributed by atoms with van der Waals surface area (Å²) in [7, 11) is 0. The van der Waals surface area contributed by atoms with Crippen molar-refractivity contribution in [3.63, 3.8) is 0 Å². The van der Waals surface area contributed by atoms with Crippen molar-refractivity contribution < 1.29 is 14.1 Å². The van der Waals surface area contributed by atoms with E-state index in [-0.39, 0.29) is 12.5 Å². The molecule has 7 heteroatoms. The van der Waals surface area contributed by atoms with Crippen molar-refractivity contribution in [3.05, 3.63) is 83.4 Å². The van der Waals surface area contributed by atoms with E-state index >= 15 is 0 Å². The van der Waals surface area contributed by atoms with Gasteiger partial charge in [-0.05, 0) is 42.8 Å². The molecule has 0 radical (unpaired) electrons. The summed E-state index contributed by atoms with van der Waals surface area (Å²) >= 11 is 6.05. The summed E-state index contributed by atoms with van der Waals surface area (Å²) in [5.74, 6) is 1.10. The van der Waals surface area contributed by atoms with Crippen molar-refractivity contribution in [1.29, 1.82) is 0 Å². The summed E-state index contributed by atoms with van der Waals surface area (Å²) in [4.78, 5) is 16.6. The smallest absolute Gasteiger partial charge is 0.262 e. The minimum absolute atomic E-state index is 0.157. The van der Waals surface area contributed by atoms with Crippen LogP contribution in [0.3, 0.4) is 0 Å². The zero-order valence-electron chi connectivity index (χ0n) is 16.1. The SMILES string of the molecule is Cc1ccccc1-c1nc(-c2cccc(OCC(=O)Nc3ccccc3Cl)c2)no1. The van der Waals surface area contributed by atoms with Crippen LogP contribution in [-0.4, -0.2) is 22.7 Å². The first kappa shape index (κ1) is 19.7. The van der Waals surface area contributed by atoms with Crippen LogP contribution < -0.4 is 10.1 Å². The molecule has 0 fully saturated rings. The number of aryl methyl sites for hydroxylation is 1. The topological polar surface area (TPSA) is 77.2 Å². The number of nitrogens with zero attached hydrogens (tertiary/aromatic N) is 2. The molecule has 30 heavy (non-hydrogen) atoms. The average molecular weight is 420 g/mol. The van der Waals surface area contributed by atoms with Crippen LogP contribution in [-0.2, 0) is 4.79 Å². The van der Waals surface area contributed by atoms with Crippen LogP contribution in [0, 0.1) is 6.92 Å². The number of carbonyl (C=O) groups is 1. The summed E-state index contributed by atoms with van der Waals surface area (Å²) in [6.45, 7) is 1.83. The number of benzene rings is 3. The molecule has 1 heterocycles. The van der Waals surface area contributed by atoms with E-state index in [0.29, 0.717) is 28.2 Å². The van der Waals surface area contributed by atoms with Gasteiger partial charge in [-0.1, -0.05) is 59.2 Å². The number of nitrogens with one attached hydrogen (secondary N) is 1. The summed E-state index contributed by atoms with van der Waals surface area (Å²) in [6.07, 6.45) is 0. The predicted octanol–water partition coefficient (Wildman–Crippen LogP) is 5.38. The number of hydrogen-bond donors (Lipinski definition) is 1. The molecule has 6 nitrogen and oxygen atoms in total. The van der Waals surface area contributed by atoms with Gasteiger partial charge < -0.3 is 14.6 Å². The van der Waals surface area contributed by atoms with Gasteiger partial charge in [0.2, 0.25) is 5.82 Å². The molecule has 0 bridgehead atoms. The first-order chi connectivity index (χ1) is 14.6. The number of aromatic nitrogens is 2. The Morgan fingerprint density at radius 1 is 1.07 bits per heavy atom. The van der Waals surface area contributed by atoms with Crippen LogP contribution in [0.2, 0.25) is 5.02 Å². The Kier molecular flexibility index (Phi) is 5.77. The molecule has 150 valence electrons. The van der Waals surface area contributed by atoms with E-state index in [0.717, 1.165) is 16.7 Å². The molecule has 0 unspecified atom stereocenters. The van der Waals surface area contributed by atoms with Crippen molar-refractivity contribution in [2.45, 2.75) is 6.92 Å². The Balaban J connectivity index is 1.44. The van der Waals surface area contributed by atoms with Gasteiger partial charge >= 0.3 is 0 Å². The maximum absolute atomic E-state index is 12.2. The molecule has 4 aromatic rings. The second kappa shape index (κ2) is 8.80. The lowest BCUT2D eigenvalue weighted by atomic mass is 10.1. The lowest BCUT2D eigenvalue weighted by Crippen LogP contribution is -2.20. The van der Waals surface area contributed by atoms with Crippen LogP contribution in [0.5, 0.6) is 5.75 Å². The van der Waals surface area contributed by atoms with Gasteiger partial charge in [0.1, 0.15) is 5.75 Å². The molecule has 3 aromatic carbocycles. The fourth-order valence-electron chi connectivity index (χ4n) is 2.89. The number of hydrogen-bond acceptors (Lipinski definition) is 5. The minimum atomic E-state index is -0.310. The summed E-state index contributed by atoms with van der Waals surface area (Å²) in [5.41, 5.74) is 3.20. The van der Waals surface area contributed by atoms with Crippen LogP contribution in [0.25, 0.3) is 22.8 Å². The van der Waals surface area contributed by atoms with Crippen LogP contribution >= 0.6 is 11.6 Å². The van der Waals surface area contributed by atoms with Crippen molar-refractivity contribution in [1.82, 2.24) is 10.1 Å². The molecule has 0 atom stereocenters. The van der Waals surface area contributed by atoms with E-state index in [1.54, 1.807) is 42.5 Å². The number of halogens is 1. The zero-order valence-corrected chi connectivity index (χ0v) is 16.9. The summed E-state index contributed by atoms with van der Waals surface area (Å²) < 4.78 is 11.0. The molecule has 0 aliphatic heterocycles. The van der Waals surface area contributed by atoms with Crippen molar-refractivity contribution >= 4 is 23.2 Å². The van der Waals surface area contributed by atoms with E-state index in [2.05, 4.69) is 15.5 Å². The van der Waals surface area contributed by atoms with Gasteiger partial charge in [0.05, 0.1) is 10.7 Å². The monoisotopic (exact) mass is 419 g/mol. The Bertz CT molecular complexity index is 1190. The van der Waals surface area contributed by atoms with E-state index in [1.807, 2.05) is 37.3 Å². The maximum atomic E-state index is 12.2. The Morgan fingerprint density at radius 3 is 2.70 bits per heavy atom. The largest absolute Gasteiger partial charge is 0.484 e. The first-order valence-electron chi connectivity index (χ1n) is 9.27. The van der Waals surface area contributed by atoms with Gasteiger partial charge in [-0.25, -0.2) is 0 Å². The third-order valence-electron chi connectivity index (χ3n) is 4.41. The molecule has 0 aliphatic carbocycles. The molecular formula is C23H18ClN3O3. The highest BCUT2D eigenvalue weighted by Crippen LogP contribution is 2.26. The molecule has 0 spiro atoms. The van der Waals surface area contributed by atoms with Crippen LogP contribution in [0.1, 0.15) is 5.56 Å². The average Bonchev–Trinajstić information content (AvgIpc) is 3.25. The first-order valence-corrected chi connectivity index (χ1v) is 9.65. The predicted molar refractivity (Wildman–Crippen MR) is 115 cm³/mol. The van der Waals surface area contributed by atoms with Gasteiger partial charge in [0, 0.05) is 11.1 Å². The Labute approximate surface area is 178 Å². The van der Waals surface area contributed by atoms with Crippen molar-refractivity contribution in [3.8, 4) is 28.6 Å². The van der Waals surface area contributed by atoms with E-state index in [9.17, 15) is 4.79 Å². The number of amides is 1. The number of carbonyl (C=O) groups excluding carboxylic acids is 1. The van der Waals surface area contributed by atoms with Crippen LogP contribution in [0.4, 0.5) is 5.69 Å². The van der Waals surface area contributed by atoms with Crippen molar-refractivity contribution in [2.75, 3.05) is 11.9 Å². The maximum Gasteiger partial charge on any atom is 0.262 e. The van der Waals surface area contributed by atoms with Gasteiger partial charge in [-0.2, -0.15) is 4.98 Å². The van der Waals surface area contributed by atoms with E-state index < -0.39 is 0 Å². The van der Waals surface area contributed by atoms with Gasteiger partial charge in [-0.15, -0.1) is 0 Å². The molecule has 1 N–H and O–H groups in total. The number of anilines is 1. The molecule has 1 amide bonds. The molecular weight excluding hydrogens is 402 g/mol.